The zero-order valence-corrected chi connectivity index (χ0v) is 64.8. The summed E-state index contributed by atoms with van der Waals surface area (Å²) in [4.78, 5) is 26.7. The summed E-state index contributed by atoms with van der Waals surface area (Å²) in [5.74, 6) is -0.751. The second-order valence-corrected chi connectivity index (χ2v) is 33.5. The van der Waals surface area contributed by atoms with Gasteiger partial charge >= 0.3 is 19.1 Å². The number of aromatic nitrogens is 1. The van der Waals surface area contributed by atoms with Gasteiger partial charge in [0.1, 0.15) is 0 Å². The predicted octanol–water partition coefficient (Wildman–Crippen LogP) is 16.4. The van der Waals surface area contributed by atoms with Crippen molar-refractivity contribution in [1.82, 2.24) is 4.98 Å². The average Bonchev–Trinajstić information content (AvgIpc) is 0.834. The number of nitrogens with zero attached hydrogens (tertiary/aromatic N) is 1. The van der Waals surface area contributed by atoms with Crippen LogP contribution in [-0.4, -0.2) is 48.3 Å². The monoisotopic (exact) mass is 1480 g/mol. The highest BCUT2D eigenvalue weighted by atomic mass is 31.1. The van der Waals surface area contributed by atoms with Gasteiger partial charge in [-0.25, -0.2) is 9.59 Å². The van der Waals surface area contributed by atoms with Crippen LogP contribution in [0, 0.1) is 20.8 Å². The third-order valence-electron chi connectivity index (χ3n) is 17.0. The van der Waals surface area contributed by atoms with Gasteiger partial charge in [-0.3, -0.25) is 4.98 Å². The highest BCUT2D eigenvalue weighted by Gasteiger charge is 2.20. The Kier molecular flexibility index (Phi) is 31.5. The highest BCUT2D eigenvalue weighted by Crippen LogP contribution is 2.36. The predicted molar refractivity (Wildman–Crippen MR) is 463 cm³/mol. The topological polar surface area (TPSA) is 106 Å². The molecule has 0 aliphatic carbocycles. The summed E-state index contributed by atoms with van der Waals surface area (Å²) in [5.41, 5.74) is 6.28. The van der Waals surface area contributed by atoms with Gasteiger partial charge in [0.25, 0.3) is 0 Å². The lowest BCUT2D eigenvalue weighted by atomic mass is 9.77. The van der Waals surface area contributed by atoms with Crippen molar-refractivity contribution >= 4 is 120 Å². The van der Waals surface area contributed by atoms with Gasteiger partial charge in [0.15, 0.2) is 0 Å². The molecule has 108 heavy (non-hydrogen) atoms. The normalized spacial score (nSPS) is 10.4. The average molecular weight is 1480 g/mol. The quantitative estimate of drug-likeness (QED) is 0.0564. The first-order chi connectivity index (χ1) is 53.0. The Morgan fingerprint density at radius 2 is 0.491 bits per heavy atom. The molecular weight excluding hydrogens is 1400 g/mol. The largest absolute Gasteiger partial charge is 0.488 e. The first kappa shape index (κ1) is 79.4. The highest BCUT2D eigenvalue weighted by molar-refractivity contribution is 7.81. The molecule has 0 radical (unpaired) electrons. The Labute approximate surface area is 642 Å². The lowest BCUT2D eigenvalue weighted by molar-refractivity contribution is 0.0592. The van der Waals surface area contributed by atoms with Crippen LogP contribution in [0.3, 0.4) is 0 Å². The van der Waals surface area contributed by atoms with E-state index in [0.717, 1.165) is 22.3 Å². The summed E-state index contributed by atoms with van der Waals surface area (Å²) in [5, 5.41) is 34.6. The zero-order chi connectivity index (χ0) is 75.5. The number of aryl methyl sites for hydroxylation is 3. The van der Waals surface area contributed by atoms with E-state index in [4.69, 9.17) is 14.8 Å². The lowest BCUT2D eigenvalue weighted by Gasteiger charge is -2.18. The molecule has 0 saturated heterocycles. The maximum absolute atomic E-state index is 11.4. The van der Waals surface area contributed by atoms with Crippen molar-refractivity contribution in [2.45, 2.75) is 20.8 Å². The van der Waals surface area contributed by atoms with Gasteiger partial charge in [-0.1, -0.05) is 382 Å². The minimum atomic E-state index is -1.51. The van der Waals surface area contributed by atoms with Crippen molar-refractivity contribution in [3.05, 3.63) is 447 Å². The van der Waals surface area contributed by atoms with Crippen LogP contribution >= 0.6 is 31.7 Å². The number of benzene rings is 14. The van der Waals surface area contributed by atoms with Crippen LogP contribution in [0.25, 0.3) is 11.1 Å². The number of carbonyl (C=O) groups is 2. The number of hydrogen-bond acceptors (Lipinski definition) is 7. The van der Waals surface area contributed by atoms with E-state index in [1.807, 2.05) is 38.4 Å². The fourth-order valence-corrected chi connectivity index (χ4v) is 21.1. The molecule has 0 saturated carbocycles. The Hall–Kier alpha value is -11.1. The number of rotatable bonds is 16. The first-order valence-electron chi connectivity index (χ1n) is 35.4. The smallest absolute Gasteiger partial charge is 0.465 e. The zero-order valence-electron chi connectivity index (χ0n) is 61.2. The number of ether oxygens (including phenoxy) is 2. The van der Waals surface area contributed by atoms with Crippen molar-refractivity contribution in [1.29, 1.82) is 0 Å². The lowest BCUT2D eigenvalue weighted by Crippen LogP contribution is -2.32. The van der Waals surface area contributed by atoms with Gasteiger partial charge in [-0.05, 0) is 169 Å². The number of pyridine rings is 1. The molecule has 12 heteroatoms. The molecule has 15 rings (SSSR count). The Bertz CT molecular complexity index is 4250. The molecular formula is C96H86BNO6P4. The van der Waals surface area contributed by atoms with Crippen LogP contribution in [0.15, 0.2) is 419 Å². The Balaban J connectivity index is 0.000000139. The van der Waals surface area contributed by atoms with E-state index in [1.54, 1.807) is 19.1 Å². The molecule has 14 aromatic carbocycles. The maximum atomic E-state index is 11.4. The summed E-state index contributed by atoms with van der Waals surface area (Å²) >= 11 is 0. The van der Waals surface area contributed by atoms with E-state index in [2.05, 4.69) is 380 Å². The van der Waals surface area contributed by atoms with Gasteiger partial charge in [0.2, 0.25) is 0 Å². The second-order valence-electron chi connectivity index (χ2n) is 24.6. The number of methoxy groups -OCH3 is 2. The van der Waals surface area contributed by atoms with Gasteiger partial charge in [0, 0.05) is 18.0 Å². The maximum Gasteiger partial charge on any atom is 0.488 e. The third-order valence-corrected chi connectivity index (χ3v) is 26.7. The summed E-state index contributed by atoms with van der Waals surface area (Å²) < 4.78 is 9.23. The molecule has 1 heterocycles. The molecule has 15 aromatic rings. The van der Waals surface area contributed by atoms with Crippen LogP contribution in [0.5, 0.6) is 0 Å². The fraction of sp³-hybridized carbons (Fsp3) is 0.0521. The van der Waals surface area contributed by atoms with Crippen molar-refractivity contribution in [3.8, 4) is 11.1 Å². The van der Waals surface area contributed by atoms with Crippen LogP contribution in [0.1, 0.15) is 37.4 Å². The van der Waals surface area contributed by atoms with Crippen molar-refractivity contribution < 1.29 is 29.1 Å². The van der Waals surface area contributed by atoms with Crippen LogP contribution in [0.4, 0.5) is 0 Å². The molecule has 7 nitrogen and oxygen atoms in total. The molecule has 0 aliphatic heterocycles. The summed E-state index contributed by atoms with van der Waals surface area (Å²) in [7, 11) is -0.613. The van der Waals surface area contributed by atoms with E-state index >= 15 is 0 Å². The molecule has 0 amide bonds. The first-order valence-corrected chi connectivity index (χ1v) is 40.8. The molecule has 0 unspecified atom stereocenters. The molecule has 534 valence electrons. The van der Waals surface area contributed by atoms with Gasteiger partial charge < -0.3 is 19.5 Å². The summed E-state index contributed by atoms with van der Waals surface area (Å²) in [6.45, 7) is 5.68. The molecule has 0 atom stereocenters. The summed E-state index contributed by atoms with van der Waals surface area (Å²) in [6, 6.07) is 141. The molecule has 0 spiro atoms. The van der Waals surface area contributed by atoms with Gasteiger partial charge in [-0.15, -0.1) is 0 Å². The molecule has 0 aliphatic rings. The van der Waals surface area contributed by atoms with Gasteiger partial charge in [-0.2, -0.15) is 0 Å². The second kappa shape index (κ2) is 42.9. The number of carbonyl (C=O) groups excluding carboxylic acids is 2. The van der Waals surface area contributed by atoms with Gasteiger partial charge in [0.05, 0.1) is 25.3 Å². The fourth-order valence-electron chi connectivity index (χ4n) is 11.9. The van der Waals surface area contributed by atoms with E-state index in [0.29, 0.717) is 22.2 Å². The van der Waals surface area contributed by atoms with E-state index in [9.17, 15) is 9.59 Å². The molecule has 0 bridgehead atoms. The van der Waals surface area contributed by atoms with Crippen molar-refractivity contribution in [2.24, 2.45) is 0 Å². The van der Waals surface area contributed by atoms with Crippen LogP contribution < -0.4 is 69.1 Å². The minimum Gasteiger partial charge on any atom is -0.465 e. The van der Waals surface area contributed by atoms with E-state index in [1.165, 1.54) is 90.0 Å². The van der Waals surface area contributed by atoms with Crippen molar-refractivity contribution in [2.75, 3.05) is 14.2 Å². The summed E-state index contributed by atoms with van der Waals surface area (Å²) in [6.07, 6.45) is 3.65. The van der Waals surface area contributed by atoms with E-state index < -0.39 is 44.8 Å². The number of esters is 2. The third kappa shape index (κ3) is 23.4. The standard InChI is InChI=1S/4C18H15P.C15H15NO2.C9H11BO4/c4*1-4-10-16(11-5-1)19(17-12-6-2-7-13-17)18-14-8-3-9-15-18;1-10-6-13(9-16-8-10)14-5-4-12(7-11(14)2)15(17)18-3;1-6-5-7(9(11)14-2)3-4-8(6)10(12)13/h4*1-15H;4-9H,1-3H3;3-5,12-13H,1-2H3. The Morgan fingerprint density at radius 1 is 0.278 bits per heavy atom. The SMILES string of the molecule is COC(=O)c1ccc(-c2cncc(C)c2)c(C)c1.COC(=O)c1ccc(B(O)O)c(C)c1.c1ccc(P(c2ccccc2)c2ccccc2)cc1.c1ccc(P(c2ccccc2)c2ccccc2)cc1.c1ccc(P(c2ccccc2)c2ccccc2)cc1.c1ccc(P(c2ccccc2)c2ccccc2)cc1. The minimum absolute atomic E-state index is 0.313. The van der Waals surface area contributed by atoms with Crippen LogP contribution in [-0.2, 0) is 9.47 Å². The van der Waals surface area contributed by atoms with Crippen LogP contribution in [0.2, 0.25) is 0 Å². The number of hydrogen-bond donors (Lipinski definition) is 2. The Morgan fingerprint density at radius 3 is 0.676 bits per heavy atom. The molecule has 0 fully saturated rings. The van der Waals surface area contributed by atoms with E-state index in [-0.39, 0.29) is 5.97 Å². The van der Waals surface area contributed by atoms with Crippen molar-refractivity contribution in [3.63, 3.8) is 0 Å². The molecule has 1 aromatic heterocycles. The molecule has 2 N–H and O–H groups in total.